The number of hydrazine groups is 1. The summed E-state index contributed by atoms with van der Waals surface area (Å²) in [6.45, 7) is 4.85. The Morgan fingerprint density at radius 2 is 2.26 bits per heavy atom. The Kier molecular flexibility index (Phi) is 4.29. The van der Waals surface area contributed by atoms with Gasteiger partial charge < -0.3 is 4.57 Å². The van der Waals surface area contributed by atoms with E-state index in [2.05, 4.69) is 17.3 Å². The van der Waals surface area contributed by atoms with E-state index in [0.29, 0.717) is 5.56 Å². The first-order valence-corrected chi connectivity index (χ1v) is 6.40. The standard InChI is InChI=1S/C14H19FN4/c1-3-7-19-8-6-17-14(19)13(18-16)11-9-10(2)4-5-12(11)15/h4-6,8-9,13,18H,3,7,16H2,1-2H3. The first-order chi connectivity index (χ1) is 9.17. The van der Waals surface area contributed by atoms with Crippen molar-refractivity contribution in [2.24, 2.45) is 5.84 Å². The van der Waals surface area contributed by atoms with Gasteiger partial charge in [0.2, 0.25) is 0 Å². The molecule has 2 rings (SSSR count). The molecule has 1 atom stereocenters. The summed E-state index contributed by atoms with van der Waals surface area (Å²) in [7, 11) is 0. The molecule has 0 bridgehead atoms. The minimum Gasteiger partial charge on any atom is -0.333 e. The van der Waals surface area contributed by atoms with Crippen molar-refractivity contribution in [3.8, 4) is 0 Å². The van der Waals surface area contributed by atoms with Crippen LogP contribution in [0.2, 0.25) is 0 Å². The summed E-state index contributed by atoms with van der Waals surface area (Å²) in [5.41, 5.74) is 4.17. The maximum atomic E-state index is 14.0. The molecule has 1 unspecified atom stereocenters. The SMILES string of the molecule is CCCn1ccnc1C(NN)c1cc(C)ccc1F. The minimum absolute atomic E-state index is 0.278. The Morgan fingerprint density at radius 3 is 2.95 bits per heavy atom. The van der Waals surface area contributed by atoms with Crippen LogP contribution in [0.25, 0.3) is 0 Å². The second-order valence-electron chi connectivity index (χ2n) is 4.60. The van der Waals surface area contributed by atoms with Gasteiger partial charge >= 0.3 is 0 Å². The molecule has 1 aromatic heterocycles. The second-order valence-corrected chi connectivity index (χ2v) is 4.60. The van der Waals surface area contributed by atoms with Crippen LogP contribution in [0.1, 0.15) is 36.3 Å². The predicted molar refractivity (Wildman–Crippen MR) is 72.8 cm³/mol. The highest BCUT2D eigenvalue weighted by Crippen LogP contribution is 2.24. The summed E-state index contributed by atoms with van der Waals surface area (Å²) < 4.78 is 16.0. The monoisotopic (exact) mass is 262 g/mol. The minimum atomic E-state index is -0.443. The number of benzene rings is 1. The number of hydrogen-bond donors (Lipinski definition) is 2. The largest absolute Gasteiger partial charge is 0.333 e. The van der Waals surface area contributed by atoms with Gasteiger partial charge in [0.05, 0.1) is 0 Å². The highest BCUT2D eigenvalue weighted by Gasteiger charge is 2.21. The topological polar surface area (TPSA) is 55.9 Å². The van der Waals surface area contributed by atoms with Gasteiger partial charge in [0.1, 0.15) is 17.7 Å². The van der Waals surface area contributed by atoms with Crippen LogP contribution in [0, 0.1) is 12.7 Å². The normalized spacial score (nSPS) is 12.6. The number of halogens is 1. The molecule has 1 heterocycles. The van der Waals surface area contributed by atoms with Gasteiger partial charge in [-0.3, -0.25) is 5.84 Å². The van der Waals surface area contributed by atoms with Crippen molar-refractivity contribution in [3.63, 3.8) is 0 Å². The van der Waals surface area contributed by atoms with E-state index in [1.165, 1.54) is 6.07 Å². The Balaban J connectivity index is 2.44. The van der Waals surface area contributed by atoms with E-state index in [-0.39, 0.29) is 5.82 Å². The number of rotatable bonds is 5. The van der Waals surface area contributed by atoms with Crippen molar-refractivity contribution in [2.75, 3.05) is 0 Å². The molecule has 0 saturated carbocycles. The molecule has 5 heteroatoms. The number of nitrogens with two attached hydrogens (primary N) is 1. The summed E-state index contributed by atoms with van der Waals surface area (Å²) >= 11 is 0. The van der Waals surface area contributed by atoms with E-state index in [9.17, 15) is 4.39 Å². The molecule has 0 aliphatic heterocycles. The summed E-state index contributed by atoms with van der Waals surface area (Å²) in [5.74, 6) is 6.06. The van der Waals surface area contributed by atoms with E-state index in [0.717, 1.165) is 24.4 Å². The molecule has 102 valence electrons. The van der Waals surface area contributed by atoms with Crippen molar-refractivity contribution < 1.29 is 4.39 Å². The van der Waals surface area contributed by atoms with Crippen molar-refractivity contribution in [3.05, 3.63) is 53.4 Å². The van der Waals surface area contributed by atoms with E-state index in [1.54, 1.807) is 18.3 Å². The zero-order valence-corrected chi connectivity index (χ0v) is 11.2. The van der Waals surface area contributed by atoms with Crippen LogP contribution < -0.4 is 11.3 Å². The lowest BCUT2D eigenvalue weighted by Gasteiger charge is -2.18. The van der Waals surface area contributed by atoms with Gasteiger partial charge in [-0.1, -0.05) is 24.6 Å². The maximum absolute atomic E-state index is 14.0. The number of nitrogens with one attached hydrogen (secondary N) is 1. The summed E-state index contributed by atoms with van der Waals surface area (Å²) in [6.07, 6.45) is 4.58. The van der Waals surface area contributed by atoms with Gasteiger partial charge in [-0.2, -0.15) is 0 Å². The first kappa shape index (κ1) is 13.7. The number of imidazole rings is 1. The van der Waals surface area contributed by atoms with Crippen LogP contribution in [0.15, 0.2) is 30.6 Å². The molecule has 1 aromatic carbocycles. The molecular formula is C14H19FN4. The molecule has 19 heavy (non-hydrogen) atoms. The molecule has 0 fully saturated rings. The second kappa shape index (κ2) is 5.95. The number of hydrogen-bond acceptors (Lipinski definition) is 3. The Hall–Kier alpha value is -1.72. The fourth-order valence-corrected chi connectivity index (χ4v) is 2.20. The zero-order valence-electron chi connectivity index (χ0n) is 11.2. The predicted octanol–water partition coefficient (Wildman–Crippen LogP) is 2.29. The van der Waals surface area contributed by atoms with Crippen LogP contribution in [0.4, 0.5) is 4.39 Å². The summed E-state index contributed by atoms with van der Waals surface area (Å²) in [5, 5.41) is 0. The lowest BCUT2D eigenvalue weighted by atomic mass is 10.0. The average Bonchev–Trinajstić information content (AvgIpc) is 2.83. The van der Waals surface area contributed by atoms with Crippen LogP contribution in [0.3, 0.4) is 0 Å². The first-order valence-electron chi connectivity index (χ1n) is 6.40. The quantitative estimate of drug-likeness (QED) is 0.642. The molecule has 3 N–H and O–H groups in total. The fourth-order valence-electron chi connectivity index (χ4n) is 2.20. The van der Waals surface area contributed by atoms with Crippen molar-refractivity contribution in [2.45, 2.75) is 32.9 Å². The molecule has 2 aromatic rings. The third-order valence-electron chi connectivity index (χ3n) is 3.10. The molecule has 0 aliphatic rings. The van der Waals surface area contributed by atoms with Crippen LogP contribution >= 0.6 is 0 Å². The molecule has 0 amide bonds. The smallest absolute Gasteiger partial charge is 0.131 e. The lowest BCUT2D eigenvalue weighted by molar-refractivity contribution is 0.515. The van der Waals surface area contributed by atoms with Crippen molar-refractivity contribution in [1.82, 2.24) is 15.0 Å². The summed E-state index contributed by atoms with van der Waals surface area (Å²) in [6, 6.07) is 4.55. The van der Waals surface area contributed by atoms with Crippen LogP contribution in [-0.2, 0) is 6.54 Å². The Morgan fingerprint density at radius 1 is 1.47 bits per heavy atom. The van der Waals surface area contributed by atoms with Crippen LogP contribution in [0.5, 0.6) is 0 Å². The van der Waals surface area contributed by atoms with E-state index in [4.69, 9.17) is 5.84 Å². The van der Waals surface area contributed by atoms with E-state index in [1.807, 2.05) is 17.7 Å². The number of aromatic nitrogens is 2. The van der Waals surface area contributed by atoms with Gasteiger partial charge in [0.25, 0.3) is 0 Å². The third-order valence-corrected chi connectivity index (χ3v) is 3.10. The average molecular weight is 262 g/mol. The number of aryl methyl sites for hydroxylation is 2. The fraction of sp³-hybridized carbons (Fsp3) is 0.357. The molecule has 0 radical (unpaired) electrons. The highest BCUT2D eigenvalue weighted by molar-refractivity contribution is 5.30. The highest BCUT2D eigenvalue weighted by atomic mass is 19.1. The van der Waals surface area contributed by atoms with Crippen molar-refractivity contribution >= 4 is 0 Å². The maximum Gasteiger partial charge on any atom is 0.131 e. The van der Waals surface area contributed by atoms with Crippen molar-refractivity contribution in [1.29, 1.82) is 0 Å². The molecule has 0 aliphatic carbocycles. The van der Waals surface area contributed by atoms with E-state index >= 15 is 0 Å². The van der Waals surface area contributed by atoms with E-state index < -0.39 is 6.04 Å². The van der Waals surface area contributed by atoms with Gasteiger partial charge in [0, 0.05) is 24.5 Å². The molecule has 4 nitrogen and oxygen atoms in total. The van der Waals surface area contributed by atoms with Gasteiger partial charge in [-0.15, -0.1) is 0 Å². The molecular weight excluding hydrogens is 243 g/mol. The summed E-state index contributed by atoms with van der Waals surface area (Å²) in [4.78, 5) is 4.31. The van der Waals surface area contributed by atoms with Gasteiger partial charge in [-0.25, -0.2) is 14.8 Å². The zero-order chi connectivity index (χ0) is 13.8. The molecule has 0 spiro atoms. The Labute approximate surface area is 112 Å². The number of nitrogens with zero attached hydrogens (tertiary/aromatic N) is 2. The van der Waals surface area contributed by atoms with Gasteiger partial charge in [-0.05, 0) is 19.4 Å². The third kappa shape index (κ3) is 2.83. The lowest BCUT2D eigenvalue weighted by Crippen LogP contribution is -2.32. The van der Waals surface area contributed by atoms with Gasteiger partial charge in [0.15, 0.2) is 0 Å². The molecule has 0 saturated heterocycles. The Bertz CT molecular complexity index is 550. The van der Waals surface area contributed by atoms with Crippen LogP contribution in [-0.4, -0.2) is 9.55 Å².